The average Bonchev–Trinajstić information content (AvgIpc) is 2.84. The second-order valence-corrected chi connectivity index (χ2v) is 10.9. The molecule has 0 aliphatic heterocycles. The smallest absolute Gasteiger partial charge is 0.171 e. The molecule has 0 N–H and O–H groups in total. The lowest BCUT2D eigenvalue weighted by Crippen LogP contribution is -2.25. The molecule has 0 aromatic heterocycles. The topological polar surface area (TPSA) is 17.1 Å². The van der Waals surface area contributed by atoms with E-state index < -0.39 is 7.14 Å². The van der Waals surface area contributed by atoms with Gasteiger partial charge in [0.25, 0.3) is 0 Å². The summed E-state index contributed by atoms with van der Waals surface area (Å²) in [7, 11) is -3.05. The Morgan fingerprint density at radius 1 is 0.516 bits per heavy atom. The van der Waals surface area contributed by atoms with Crippen molar-refractivity contribution in [2.24, 2.45) is 0 Å². The summed E-state index contributed by atoms with van der Waals surface area (Å²) in [5.41, 5.74) is 1.27. The van der Waals surface area contributed by atoms with Gasteiger partial charge in [-0.3, -0.25) is 0 Å². The van der Waals surface area contributed by atoms with Crippen molar-refractivity contribution < 1.29 is 4.57 Å². The molecule has 148 valence electrons. The van der Waals surface area contributed by atoms with Gasteiger partial charge in [-0.25, -0.2) is 0 Å². The van der Waals surface area contributed by atoms with Crippen LogP contribution in [0, 0.1) is 6.92 Å². The van der Waals surface area contributed by atoms with Crippen molar-refractivity contribution in [3.63, 3.8) is 0 Å². The van der Waals surface area contributed by atoms with Crippen molar-refractivity contribution in [1.29, 1.82) is 0 Å². The zero-order chi connectivity index (χ0) is 21.0. The SMILES string of the molecule is Cc1ccc2ccc3ccc(P(=O)(c4ccccc4)c4ccccc4)c4ccc1c2c34. The van der Waals surface area contributed by atoms with Crippen LogP contribution in [0.25, 0.3) is 32.3 Å². The summed E-state index contributed by atoms with van der Waals surface area (Å²) >= 11 is 0. The Bertz CT molecular complexity index is 1560. The summed E-state index contributed by atoms with van der Waals surface area (Å²) in [6.45, 7) is 2.16. The molecule has 0 bridgehead atoms. The van der Waals surface area contributed by atoms with Gasteiger partial charge >= 0.3 is 0 Å². The van der Waals surface area contributed by atoms with Crippen molar-refractivity contribution in [2.75, 3.05) is 0 Å². The first-order valence-electron chi connectivity index (χ1n) is 10.6. The molecular formula is C29H21OP. The zero-order valence-electron chi connectivity index (χ0n) is 17.2. The normalized spacial score (nSPS) is 12.2. The fourth-order valence-electron chi connectivity index (χ4n) is 4.91. The average molecular weight is 416 g/mol. The van der Waals surface area contributed by atoms with Crippen LogP contribution in [0.2, 0.25) is 0 Å². The molecule has 0 fully saturated rings. The second kappa shape index (κ2) is 6.80. The van der Waals surface area contributed by atoms with Gasteiger partial charge in [-0.05, 0) is 50.9 Å². The van der Waals surface area contributed by atoms with E-state index >= 15 is 4.57 Å². The lowest BCUT2D eigenvalue weighted by molar-refractivity contribution is 0.592. The molecule has 0 spiro atoms. The Morgan fingerprint density at radius 2 is 1.00 bits per heavy atom. The van der Waals surface area contributed by atoms with Gasteiger partial charge in [-0.1, -0.05) is 103 Å². The van der Waals surface area contributed by atoms with Gasteiger partial charge < -0.3 is 4.57 Å². The van der Waals surface area contributed by atoms with E-state index in [0.29, 0.717) is 0 Å². The van der Waals surface area contributed by atoms with Crippen LogP contribution in [-0.2, 0) is 4.57 Å². The summed E-state index contributed by atoms with van der Waals surface area (Å²) in [4.78, 5) is 0. The van der Waals surface area contributed by atoms with Crippen LogP contribution in [0.1, 0.15) is 5.56 Å². The molecule has 0 saturated heterocycles. The molecule has 2 heteroatoms. The van der Waals surface area contributed by atoms with Gasteiger partial charge in [0.2, 0.25) is 0 Å². The van der Waals surface area contributed by atoms with Gasteiger partial charge in [0.05, 0.1) is 0 Å². The molecule has 0 atom stereocenters. The zero-order valence-corrected chi connectivity index (χ0v) is 18.1. The second-order valence-electron chi connectivity index (χ2n) is 8.17. The number of benzene rings is 6. The summed E-state index contributed by atoms with van der Waals surface area (Å²) in [6.07, 6.45) is 0. The lowest BCUT2D eigenvalue weighted by atomic mass is 9.92. The Labute approximate surface area is 181 Å². The maximum atomic E-state index is 15.0. The minimum absolute atomic E-state index is 0.868. The molecule has 1 nitrogen and oxygen atoms in total. The predicted molar refractivity (Wildman–Crippen MR) is 134 cm³/mol. The van der Waals surface area contributed by atoms with Crippen LogP contribution in [0.3, 0.4) is 0 Å². The van der Waals surface area contributed by atoms with E-state index in [1.807, 2.05) is 60.7 Å². The molecular weight excluding hydrogens is 395 g/mol. The third-order valence-corrected chi connectivity index (χ3v) is 9.56. The highest BCUT2D eigenvalue weighted by Crippen LogP contribution is 2.46. The Kier molecular flexibility index (Phi) is 4.03. The van der Waals surface area contributed by atoms with Gasteiger partial charge in [-0.2, -0.15) is 0 Å². The highest BCUT2D eigenvalue weighted by Gasteiger charge is 2.31. The largest absolute Gasteiger partial charge is 0.309 e. The van der Waals surface area contributed by atoms with E-state index in [0.717, 1.165) is 21.3 Å². The van der Waals surface area contributed by atoms with Gasteiger partial charge in [0.15, 0.2) is 7.14 Å². The molecule has 6 aromatic rings. The number of hydrogen-bond donors (Lipinski definition) is 0. The first-order valence-corrected chi connectivity index (χ1v) is 12.3. The summed E-state index contributed by atoms with van der Waals surface area (Å²) in [5, 5.41) is 9.89. The Balaban J connectivity index is 1.79. The quantitative estimate of drug-likeness (QED) is 0.237. The van der Waals surface area contributed by atoms with Gasteiger partial charge in [-0.15, -0.1) is 0 Å². The van der Waals surface area contributed by atoms with Crippen molar-refractivity contribution in [1.82, 2.24) is 0 Å². The van der Waals surface area contributed by atoms with Crippen molar-refractivity contribution in [3.8, 4) is 0 Å². The molecule has 0 amide bonds. The molecule has 6 aromatic carbocycles. The van der Waals surface area contributed by atoms with E-state index in [2.05, 4.69) is 55.5 Å². The summed E-state index contributed by atoms with van der Waals surface area (Å²) in [5.74, 6) is 0. The third kappa shape index (κ3) is 2.60. The van der Waals surface area contributed by atoms with Crippen molar-refractivity contribution in [2.45, 2.75) is 6.92 Å². The maximum absolute atomic E-state index is 15.0. The van der Waals surface area contributed by atoms with Crippen molar-refractivity contribution >= 4 is 55.4 Å². The Hall–Kier alpha value is -3.41. The third-order valence-electron chi connectivity index (χ3n) is 6.44. The molecule has 0 heterocycles. The first-order chi connectivity index (χ1) is 15.2. The van der Waals surface area contributed by atoms with Crippen LogP contribution in [0.5, 0.6) is 0 Å². The summed E-state index contributed by atoms with van der Waals surface area (Å²) in [6, 6.07) is 37.2. The van der Waals surface area contributed by atoms with Crippen LogP contribution < -0.4 is 15.9 Å². The highest BCUT2D eigenvalue weighted by molar-refractivity contribution is 7.85. The summed E-state index contributed by atoms with van der Waals surface area (Å²) < 4.78 is 15.0. The van der Waals surface area contributed by atoms with E-state index in [1.54, 1.807) is 0 Å². The van der Waals surface area contributed by atoms with Crippen LogP contribution >= 0.6 is 7.14 Å². The highest BCUT2D eigenvalue weighted by atomic mass is 31.2. The minimum Gasteiger partial charge on any atom is -0.309 e. The van der Waals surface area contributed by atoms with E-state index in [9.17, 15) is 0 Å². The van der Waals surface area contributed by atoms with Crippen LogP contribution in [0.15, 0.2) is 109 Å². The maximum Gasteiger partial charge on any atom is 0.171 e. The minimum atomic E-state index is -3.05. The molecule has 0 aliphatic rings. The first kappa shape index (κ1) is 18.4. The fourth-order valence-corrected chi connectivity index (χ4v) is 7.76. The lowest BCUT2D eigenvalue weighted by Gasteiger charge is -2.23. The molecule has 0 aliphatic carbocycles. The van der Waals surface area contributed by atoms with Crippen molar-refractivity contribution in [3.05, 3.63) is 115 Å². The number of rotatable bonds is 3. The standard InChI is InChI=1S/C29H21OP/c1-20-12-13-21-14-15-22-16-19-27(26-18-17-25(20)28(21)29(22)26)31(30,23-8-4-2-5-9-23)24-10-6-3-7-11-24/h2-19H,1H3. The number of hydrogen-bond acceptors (Lipinski definition) is 1. The molecule has 6 rings (SSSR count). The molecule has 0 saturated carbocycles. The van der Waals surface area contributed by atoms with E-state index in [1.165, 1.54) is 32.5 Å². The monoisotopic (exact) mass is 416 g/mol. The molecule has 0 unspecified atom stereocenters. The van der Waals surface area contributed by atoms with E-state index in [-0.39, 0.29) is 0 Å². The predicted octanol–water partition coefficient (Wildman–Crippen LogP) is 6.53. The Morgan fingerprint density at radius 3 is 1.61 bits per heavy atom. The van der Waals surface area contributed by atoms with E-state index in [4.69, 9.17) is 0 Å². The van der Waals surface area contributed by atoms with Gasteiger partial charge in [0, 0.05) is 15.9 Å². The number of aryl methyl sites for hydroxylation is 1. The van der Waals surface area contributed by atoms with Crippen LogP contribution in [-0.4, -0.2) is 0 Å². The fraction of sp³-hybridized carbons (Fsp3) is 0.0345. The molecule has 31 heavy (non-hydrogen) atoms. The molecule has 0 radical (unpaired) electrons. The van der Waals surface area contributed by atoms with Crippen LogP contribution in [0.4, 0.5) is 0 Å². The van der Waals surface area contributed by atoms with Gasteiger partial charge in [0.1, 0.15) is 0 Å².